The molecule has 6 nitrogen and oxygen atoms in total. The van der Waals surface area contributed by atoms with Crippen molar-refractivity contribution in [2.24, 2.45) is 0 Å². The van der Waals surface area contributed by atoms with E-state index < -0.39 is 0 Å². The minimum Gasteiger partial charge on any atom is -0.298 e. The lowest BCUT2D eigenvalue weighted by atomic mass is 10.0. The van der Waals surface area contributed by atoms with Crippen molar-refractivity contribution in [3.05, 3.63) is 59.9 Å². The molecular formula is C21H23N5OS. The van der Waals surface area contributed by atoms with Gasteiger partial charge in [0, 0.05) is 17.3 Å². The minimum absolute atomic E-state index is 0.172. The first kappa shape index (κ1) is 19.7. The highest BCUT2D eigenvalue weighted by Gasteiger charge is 2.12. The third kappa shape index (κ3) is 4.26. The predicted octanol–water partition coefficient (Wildman–Crippen LogP) is 5.48. The highest BCUT2D eigenvalue weighted by atomic mass is 32.1. The van der Waals surface area contributed by atoms with Crippen molar-refractivity contribution in [3.63, 3.8) is 0 Å². The monoisotopic (exact) mass is 393 g/mol. The van der Waals surface area contributed by atoms with Crippen molar-refractivity contribution < 1.29 is 4.79 Å². The van der Waals surface area contributed by atoms with Crippen LogP contribution in [0.3, 0.4) is 0 Å². The van der Waals surface area contributed by atoms with Gasteiger partial charge in [0.1, 0.15) is 10.3 Å². The highest BCUT2D eigenvalue weighted by molar-refractivity contribution is 7.22. The minimum atomic E-state index is -0.172. The number of fused-ring (bicyclic) bond motifs is 1. The number of pyridine rings is 1. The van der Waals surface area contributed by atoms with E-state index in [4.69, 9.17) is 0 Å². The average Bonchev–Trinajstić information content (AvgIpc) is 3.38. The molecule has 0 saturated heterocycles. The second-order valence-electron chi connectivity index (χ2n) is 6.26. The summed E-state index contributed by atoms with van der Waals surface area (Å²) >= 11 is 1.35. The Hall–Kier alpha value is -3.06. The summed E-state index contributed by atoms with van der Waals surface area (Å²) in [6.07, 6.45) is 3.51. The Bertz CT molecular complexity index is 1050. The number of anilines is 1. The number of nitrogens with one attached hydrogen (secondary N) is 2. The lowest BCUT2D eigenvalue weighted by molar-refractivity contribution is 0.102. The number of nitrogens with zero attached hydrogens (tertiary/aromatic N) is 3. The topological polar surface area (TPSA) is 83.6 Å². The number of benzene rings is 1. The van der Waals surface area contributed by atoms with Crippen molar-refractivity contribution in [1.82, 2.24) is 20.2 Å². The molecule has 0 aliphatic heterocycles. The third-order valence-electron chi connectivity index (χ3n) is 4.11. The fourth-order valence-corrected chi connectivity index (χ4v) is 3.44. The van der Waals surface area contributed by atoms with Gasteiger partial charge < -0.3 is 0 Å². The summed E-state index contributed by atoms with van der Waals surface area (Å²) in [5, 5.41) is 10.1. The lowest BCUT2D eigenvalue weighted by Crippen LogP contribution is -2.11. The van der Waals surface area contributed by atoms with Crippen LogP contribution in [-0.2, 0) is 0 Å². The van der Waals surface area contributed by atoms with Crippen LogP contribution in [0.2, 0.25) is 0 Å². The van der Waals surface area contributed by atoms with E-state index in [1.165, 1.54) is 16.9 Å². The molecule has 28 heavy (non-hydrogen) atoms. The molecule has 1 aromatic carbocycles. The van der Waals surface area contributed by atoms with E-state index in [1.807, 2.05) is 50.2 Å². The number of thiazole rings is 1. The van der Waals surface area contributed by atoms with Gasteiger partial charge in [0.05, 0.1) is 11.9 Å². The molecule has 0 fully saturated rings. The normalized spacial score (nSPS) is 10.6. The van der Waals surface area contributed by atoms with Crippen molar-refractivity contribution in [3.8, 4) is 11.3 Å². The van der Waals surface area contributed by atoms with E-state index in [9.17, 15) is 4.79 Å². The zero-order valence-electron chi connectivity index (χ0n) is 16.4. The predicted molar refractivity (Wildman–Crippen MR) is 115 cm³/mol. The third-order valence-corrected chi connectivity index (χ3v) is 4.99. The average molecular weight is 394 g/mol. The van der Waals surface area contributed by atoms with Crippen LogP contribution in [0.4, 0.5) is 5.13 Å². The van der Waals surface area contributed by atoms with E-state index in [-0.39, 0.29) is 5.91 Å². The van der Waals surface area contributed by atoms with Crippen LogP contribution in [-0.4, -0.2) is 26.1 Å². The molecule has 0 radical (unpaired) electrons. The van der Waals surface area contributed by atoms with E-state index in [0.717, 1.165) is 21.6 Å². The summed E-state index contributed by atoms with van der Waals surface area (Å²) in [5.41, 5.74) is 4.30. The van der Waals surface area contributed by atoms with Gasteiger partial charge in [-0.1, -0.05) is 51.2 Å². The molecule has 0 atom stereocenters. The zero-order chi connectivity index (χ0) is 20.1. The van der Waals surface area contributed by atoms with E-state index >= 15 is 0 Å². The summed E-state index contributed by atoms with van der Waals surface area (Å²) in [5.74, 6) is 0.265. The molecule has 7 heteroatoms. The molecule has 3 aromatic heterocycles. The Morgan fingerprint density at radius 2 is 1.82 bits per heavy atom. The largest absolute Gasteiger partial charge is 0.298 e. The summed E-state index contributed by atoms with van der Waals surface area (Å²) in [6.45, 7) is 8.25. The maximum absolute atomic E-state index is 12.4. The molecule has 3 heterocycles. The second-order valence-corrected chi connectivity index (χ2v) is 7.24. The molecule has 0 unspecified atom stereocenters. The molecule has 144 valence electrons. The van der Waals surface area contributed by atoms with Gasteiger partial charge >= 0.3 is 0 Å². The van der Waals surface area contributed by atoms with Crippen molar-refractivity contribution in [1.29, 1.82) is 0 Å². The number of carbonyl (C=O) groups is 1. The van der Waals surface area contributed by atoms with Gasteiger partial charge in [-0.05, 0) is 35.7 Å². The molecule has 4 rings (SSSR count). The van der Waals surface area contributed by atoms with Gasteiger partial charge in [-0.3, -0.25) is 15.2 Å². The van der Waals surface area contributed by atoms with Gasteiger partial charge in [-0.2, -0.15) is 5.10 Å². The molecule has 0 aliphatic carbocycles. The SMILES string of the molecule is CC.CC(C)c1ccc(C(=O)Nc2nc3ccc(-c4cn[nH]c4)nc3s2)cc1. The molecule has 2 N–H and O–H groups in total. The summed E-state index contributed by atoms with van der Waals surface area (Å²) in [6, 6.07) is 11.4. The van der Waals surface area contributed by atoms with Crippen molar-refractivity contribution >= 4 is 32.7 Å². The van der Waals surface area contributed by atoms with E-state index in [0.29, 0.717) is 16.6 Å². The Kier molecular flexibility index (Phi) is 6.16. The van der Waals surface area contributed by atoms with Gasteiger partial charge in [-0.15, -0.1) is 0 Å². The van der Waals surface area contributed by atoms with Crippen LogP contribution in [0.1, 0.15) is 49.5 Å². The summed E-state index contributed by atoms with van der Waals surface area (Å²) in [7, 11) is 0. The van der Waals surface area contributed by atoms with Crippen LogP contribution in [0.25, 0.3) is 21.6 Å². The summed E-state index contributed by atoms with van der Waals surface area (Å²) < 4.78 is 0. The Labute approximate surface area is 168 Å². The van der Waals surface area contributed by atoms with Crippen LogP contribution >= 0.6 is 11.3 Å². The number of carbonyl (C=O) groups excluding carboxylic acids is 1. The van der Waals surface area contributed by atoms with Crippen LogP contribution in [0.15, 0.2) is 48.8 Å². The Morgan fingerprint density at radius 1 is 1.07 bits per heavy atom. The molecular weight excluding hydrogens is 370 g/mol. The van der Waals surface area contributed by atoms with E-state index in [2.05, 4.69) is 39.3 Å². The molecule has 1 amide bonds. The number of aromatic nitrogens is 4. The smallest absolute Gasteiger partial charge is 0.257 e. The molecule has 0 saturated carbocycles. The van der Waals surface area contributed by atoms with Gasteiger partial charge in [0.25, 0.3) is 5.91 Å². The van der Waals surface area contributed by atoms with Crippen molar-refractivity contribution in [2.45, 2.75) is 33.6 Å². The number of aromatic amines is 1. The highest BCUT2D eigenvalue weighted by Crippen LogP contribution is 2.27. The molecule has 0 aliphatic rings. The number of rotatable bonds is 4. The maximum atomic E-state index is 12.4. The lowest BCUT2D eigenvalue weighted by Gasteiger charge is -2.06. The number of H-pyrrole nitrogens is 1. The second kappa shape index (κ2) is 8.75. The van der Waals surface area contributed by atoms with Crippen LogP contribution < -0.4 is 5.32 Å². The fourth-order valence-electron chi connectivity index (χ4n) is 2.61. The fraction of sp³-hybridized carbons (Fsp3) is 0.238. The van der Waals surface area contributed by atoms with Gasteiger partial charge in [0.15, 0.2) is 5.13 Å². The van der Waals surface area contributed by atoms with Gasteiger partial charge in [0.2, 0.25) is 0 Å². The van der Waals surface area contributed by atoms with Crippen LogP contribution in [0, 0.1) is 0 Å². The Morgan fingerprint density at radius 3 is 2.46 bits per heavy atom. The molecule has 4 aromatic rings. The Balaban J connectivity index is 0.00000109. The quantitative estimate of drug-likeness (QED) is 0.481. The first-order valence-electron chi connectivity index (χ1n) is 9.28. The molecule has 0 spiro atoms. The standard InChI is InChI=1S/C19H17N5OS.C2H6/c1-11(2)12-3-5-13(6-4-12)17(25)24-19-23-16-8-7-15(22-18(16)26-19)14-9-20-21-10-14;1-2/h3-11H,1-2H3,(H,20,21)(H,23,24,25);1-2H3. The number of hydrogen-bond acceptors (Lipinski definition) is 5. The number of hydrogen-bond donors (Lipinski definition) is 2. The maximum Gasteiger partial charge on any atom is 0.257 e. The van der Waals surface area contributed by atoms with Gasteiger partial charge in [-0.25, -0.2) is 9.97 Å². The van der Waals surface area contributed by atoms with E-state index in [1.54, 1.807) is 12.4 Å². The van der Waals surface area contributed by atoms with Crippen LogP contribution in [0.5, 0.6) is 0 Å². The zero-order valence-corrected chi connectivity index (χ0v) is 17.2. The summed E-state index contributed by atoms with van der Waals surface area (Å²) in [4.78, 5) is 22.3. The first-order valence-corrected chi connectivity index (χ1v) is 10.1. The number of amides is 1. The molecule has 0 bridgehead atoms. The van der Waals surface area contributed by atoms with Crippen molar-refractivity contribution in [2.75, 3.05) is 5.32 Å². The first-order chi connectivity index (χ1) is 13.6.